The highest BCUT2D eigenvalue weighted by Crippen LogP contribution is 2.32. The van der Waals surface area contributed by atoms with Crippen molar-refractivity contribution in [3.8, 4) is 22.7 Å². The van der Waals surface area contributed by atoms with E-state index in [4.69, 9.17) is 4.74 Å². The number of likely N-dealkylation sites (tertiary alicyclic amines) is 1. The molecule has 1 unspecified atom stereocenters. The average molecular weight is 593 g/mol. The van der Waals surface area contributed by atoms with Gasteiger partial charge in [-0.25, -0.2) is 8.78 Å². The number of aromatic nitrogens is 7. The van der Waals surface area contributed by atoms with Gasteiger partial charge in [-0.2, -0.15) is 15.0 Å². The molecule has 1 amide bonds. The summed E-state index contributed by atoms with van der Waals surface area (Å²) in [6, 6.07) is 5.69. The van der Waals surface area contributed by atoms with Crippen LogP contribution in [0.15, 0.2) is 60.2 Å². The molecule has 218 valence electrons. The molecule has 0 N–H and O–H groups in total. The van der Waals surface area contributed by atoms with Crippen LogP contribution in [-0.2, 0) is 17.9 Å². The number of amides is 1. The van der Waals surface area contributed by atoms with Crippen LogP contribution < -0.4 is 4.74 Å². The number of halogens is 2. The van der Waals surface area contributed by atoms with E-state index in [1.165, 1.54) is 11.0 Å². The fraction of sp³-hybridized carbons (Fsp3) is 0.379. The monoisotopic (exact) mass is 592 g/mol. The number of piperidine rings is 1. The first kappa shape index (κ1) is 28.0. The number of benzene rings is 1. The van der Waals surface area contributed by atoms with Crippen molar-refractivity contribution in [3.63, 3.8) is 0 Å². The van der Waals surface area contributed by atoms with Crippen molar-refractivity contribution in [3.05, 3.63) is 72.5 Å². The highest BCUT2D eigenvalue weighted by Gasteiger charge is 2.22. The summed E-state index contributed by atoms with van der Waals surface area (Å²) in [6.45, 7) is 1.23. The van der Waals surface area contributed by atoms with Gasteiger partial charge in [0.15, 0.2) is 22.5 Å². The van der Waals surface area contributed by atoms with Crippen LogP contribution in [0.5, 0.6) is 5.75 Å². The van der Waals surface area contributed by atoms with Crippen molar-refractivity contribution in [2.75, 3.05) is 13.1 Å². The Morgan fingerprint density at radius 2 is 1.95 bits per heavy atom. The normalized spacial score (nSPS) is 17.0. The summed E-state index contributed by atoms with van der Waals surface area (Å²) in [5.41, 5.74) is 0.792. The molecule has 3 aromatic heterocycles. The molecular formula is C29H30F2N8O2S. The fourth-order valence-electron chi connectivity index (χ4n) is 5.07. The predicted octanol–water partition coefficient (Wildman–Crippen LogP) is 4.99. The van der Waals surface area contributed by atoms with Gasteiger partial charge in [0.1, 0.15) is 24.7 Å². The van der Waals surface area contributed by atoms with Crippen LogP contribution in [0, 0.1) is 11.6 Å². The maximum absolute atomic E-state index is 15.2. The molecule has 0 saturated carbocycles. The van der Waals surface area contributed by atoms with Gasteiger partial charge in [0.2, 0.25) is 5.91 Å². The Morgan fingerprint density at radius 3 is 2.74 bits per heavy atom. The van der Waals surface area contributed by atoms with Gasteiger partial charge < -0.3 is 9.64 Å². The first-order valence-corrected chi connectivity index (χ1v) is 14.9. The Kier molecular flexibility index (Phi) is 8.54. The molecule has 6 rings (SSSR count). The number of hydrogen-bond donors (Lipinski definition) is 0. The fourth-order valence-corrected chi connectivity index (χ4v) is 6.22. The van der Waals surface area contributed by atoms with Crippen LogP contribution in [0.4, 0.5) is 8.78 Å². The van der Waals surface area contributed by atoms with Crippen molar-refractivity contribution < 1.29 is 18.3 Å². The lowest BCUT2D eigenvalue weighted by Gasteiger charge is -2.26. The van der Waals surface area contributed by atoms with Crippen LogP contribution in [-0.4, -0.2) is 63.9 Å². The van der Waals surface area contributed by atoms with Gasteiger partial charge in [-0.3, -0.25) is 14.3 Å². The van der Waals surface area contributed by atoms with Gasteiger partial charge in [-0.1, -0.05) is 23.9 Å². The van der Waals surface area contributed by atoms with E-state index in [1.54, 1.807) is 29.1 Å². The summed E-state index contributed by atoms with van der Waals surface area (Å²) in [7, 11) is 0. The van der Waals surface area contributed by atoms with E-state index in [9.17, 15) is 4.79 Å². The quantitative estimate of drug-likeness (QED) is 0.251. The first-order chi connectivity index (χ1) is 20.5. The molecule has 2 aliphatic rings. The molecule has 13 heteroatoms. The molecule has 10 nitrogen and oxygen atoms in total. The maximum atomic E-state index is 15.2. The van der Waals surface area contributed by atoms with E-state index >= 15 is 8.78 Å². The third-order valence-electron chi connectivity index (χ3n) is 7.25. The minimum atomic E-state index is -0.764. The van der Waals surface area contributed by atoms with E-state index in [0.29, 0.717) is 24.1 Å². The molecule has 0 bridgehead atoms. The molecule has 1 aromatic carbocycles. The summed E-state index contributed by atoms with van der Waals surface area (Å²) in [4.78, 5) is 19.7. The van der Waals surface area contributed by atoms with Gasteiger partial charge in [0.25, 0.3) is 0 Å². The highest BCUT2D eigenvalue weighted by molar-refractivity contribution is 7.99. The van der Waals surface area contributed by atoms with Crippen LogP contribution >= 0.6 is 11.8 Å². The van der Waals surface area contributed by atoms with E-state index in [-0.39, 0.29) is 41.3 Å². The third-order valence-corrected chi connectivity index (χ3v) is 8.42. The molecule has 4 aromatic rings. The van der Waals surface area contributed by atoms with Crippen LogP contribution in [0.2, 0.25) is 0 Å². The van der Waals surface area contributed by atoms with Crippen molar-refractivity contribution in [2.24, 2.45) is 0 Å². The second-order valence-corrected chi connectivity index (χ2v) is 11.4. The number of ether oxygens (including phenoxy) is 1. The number of carbonyl (C=O) groups excluding carboxylic acids is 1. The molecule has 0 radical (unpaired) electrons. The van der Waals surface area contributed by atoms with Gasteiger partial charge in [0, 0.05) is 36.2 Å². The molecule has 1 aliphatic carbocycles. The van der Waals surface area contributed by atoms with E-state index in [1.807, 2.05) is 16.7 Å². The molecule has 1 atom stereocenters. The molecular weight excluding hydrogens is 562 g/mol. The van der Waals surface area contributed by atoms with Crippen LogP contribution in [0.3, 0.4) is 0 Å². The van der Waals surface area contributed by atoms with E-state index in [2.05, 4.69) is 37.5 Å². The number of allylic oxidation sites excluding steroid dienone is 1. The minimum Gasteiger partial charge on any atom is -0.482 e. The Hall–Kier alpha value is -4.13. The Morgan fingerprint density at radius 1 is 1.07 bits per heavy atom. The third kappa shape index (κ3) is 6.35. The lowest BCUT2D eigenvalue weighted by molar-refractivity contribution is -0.133. The number of thioether (sulfide) groups is 1. The zero-order chi connectivity index (χ0) is 28.9. The lowest BCUT2D eigenvalue weighted by atomic mass is 10.1. The van der Waals surface area contributed by atoms with E-state index < -0.39 is 11.6 Å². The van der Waals surface area contributed by atoms with Crippen molar-refractivity contribution in [2.45, 2.75) is 62.1 Å². The minimum absolute atomic E-state index is 0.0553. The SMILES string of the molecule is O=C(Cn1ncc(-c2cc(F)c(OCc3nnc(SC4C=CCCC4)n3-c3cccnc3)cc2F)n1)N1CCCCC1. The number of hydrogen-bond acceptors (Lipinski definition) is 8. The average Bonchev–Trinajstić information content (AvgIpc) is 3.65. The van der Waals surface area contributed by atoms with Gasteiger partial charge in [-0.15, -0.1) is 10.2 Å². The largest absolute Gasteiger partial charge is 0.482 e. The maximum Gasteiger partial charge on any atom is 0.246 e. The molecule has 0 spiro atoms. The zero-order valence-corrected chi connectivity index (χ0v) is 23.7. The molecule has 1 saturated heterocycles. The van der Waals surface area contributed by atoms with Gasteiger partial charge in [0.05, 0.1) is 18.1 Å². The second-order valence-electron chi connectivity index (χ2n) is 10.2. The topological polar surface area (TPSA) is 104 Å². The predicted molar refractivity (Wildman–Crippen MR) is 152 cm³/mol. The van der Waals surface area contributed by atoms with Crippen LogP contribution in [0.1, 0.15) is 44.3 Å². The number of carbonyl (C=O) groups is 1. The smallest absolute Gasteiger partial charge is 0.246 e. The summed E-state index contributed by atoms with van der Waals surface area (Å²) >= 11 is 1.59. The molecule has 1 aliphatic heterocycles. The molecule has 4 heterocycles. The van der Waals surface area contributed by atoms with Gasteiger partial charge >= 0.3 is 0 Å². The standard InChI is InChI=1S/C29H30F2N8O2S/c30-23-15-26(24(31)14-22(23)25-17-33-38(36-25)18-28(40)37-12-5-2-6-13-37)41-19-27-34-35-29(42-21-9-3-1-4-10-21)39(27)20-8-7-11-32-16-20/h3,7-9,11,14-17,21H,1-2,4-6,10,12-13,18-19H2. The first-order valence-electron chi connectivity index (χ1n) is 14.0. The van der Waals surface area contributed by atoms with E-state index in [0.717, 1.165) is 56.3 Å². The zero-order valence-electron chi connectivity index (χ0n) is 22.9. The number of nitrogens with zero attached hydrogens (tertiary/aromatic N) is 8. The van der Waals surface area contributed by atoms with Crippen molar-refractivity contribution in [1.82, 2.24) is 39.6 Å². The Labute approximate surface area is 245 Å². The molecule has 42 heavy (non-hydrogen) atoms. The number of rotatable bonds is 9. The summed E-state index contributed by atoms with van der Waals surface area (Å²) < 4.78 is 37.8. The molecule has 1 fully saturated rings. The van der Waals surface area contributed by atoms with Crippen LogP contribution in [0.25, 0.3) is 16.9 Å². The van der Waals surface area contributed by atoms with Crippen molar-refractivity contribution >= 4 is 17.7 Å². The number of pyridine rings is 1. The Balaban J connectivity index is 1.17. The second kappa shape index (κ2) is 12.8. The summed E-state index contributed by atoms with van der Waals surface area (Å²) in [5, 5.41) is 17.9. The summed E-state index contributed by atoms with van der Waals surface area (Å²) in [6.07, 6.45) is 15.3. The van der Waals surface area contributed by atoms with Crippen molar-refractivity contribution in [1.29, 1.82) is 0 Å². The highest BCUT2D eigenvalue weighted by atomic mass is 32.2. The lowest BCUT2D eigenvalue weighted by Crippen LogP contribution is -2.38. The van der Waals surface area contributed by atoms with Gasteiger partial charge in [-0.05, 0) is 56.7 Å². The summed E-state index contributed by atoms with van der Waals surface area (Å²) in [5.74, 6) is -1.43. The Bertz CT molecular complexity index is 1570.